The highest BCUT2D eigenvalue weighted by atomic mass is 16.5. The van der Waals surface area contributed by atoms with E-state index in [9.17, 15) is 0 Å². The second-order valence-electron chi connectivity index (χ2n) is 5.89. The lowest BCUT2D eigenvalue weighted by molar-refractivity contribution is 0.116. The molecule has 0 aliphatic heterocycles. The Morgan fingerprint density at radius 2 is 1.58 bits per heavy atom. The van der Waals surface area contributed by atoms with Gasteiger partial charge in [0.15, 0.2) is 6.71 Å². The lowest BCUT2D eigenvalue weighted by atomic mass is 9.38. The number of ether oxygens (including phenoxy) is 1. The van der Waals surface area contributed by atoms with Crippen LogP contribution in [0.1, 0.15) is 66.2 Å². The van der Waals surface area contributed by atoms with E-state index in [0.29, 0.717) is 12.0 Å². The maximum atomic E-state index is 5.36. The number of rotatable bonds is 13. The number of methoxy groups -OCH3 is 1. The van der Waals surface area contributed by atoms with Crippen molar-refractivity contribution >= 4 is 6.71 Å². The van der Waals surface area contributed by atoms with Gasteiger partial charge in [-0.2, -0.15) is 0 Å². The Hall–Kier alpha value is -0.0151. The van der Waals surface area contributed by atoms with Gasteiger partial charge in [-0.1, -0.05) is 65.5 Å². The molecule has 0 bridgehead atoms. The maximum Gasteiger partial charge on any atom is 0.160 e. The Morgan fingerprint density at radius 3 is 2.00 bits per heavy atom. The van der Waals surface area contributed by atoms with Crippen LogP contribution >= 0.6 is 0 Å². The van der Waals surface area contributed by atoms with Gasteiger partial charge in [0.25, 0.3) is 0 Å². The van der Waals surface area contributed by atoms with Crippen LogP contribution in [0.15, 0.2) is 0 Å². The monoisotopic (exact) mass is 269 g/mol. The van der Waals surface area contributed by atoms with Crippen molar-refractivity contribution in [1.82, 2.24) is 5.32 Å². The van der Waals surface area contributed by atoms with Gasteiger partial charge in [-0.25, -0.2) is 0 Å². The van der Waals surface area contributed by atoms with Crippen LogP contribution in [0.25, 0.3) is 0 Å². The topological polar surface area (TPSA) is 21.3 Å². The first-order valence-corrected chi connectivity index (χ1v) is 8.45. The van der Waals surface area contributed by atoms with Crippen molar-refractivity contribution in [2.45, 2.75) is 90.9 Å². The van der Waals surface area contributed by atoms with Crippen LogP contribution < -0.4 is 5.32 Å². The van der Waals surface area contributed by atoms with Crippen LogP contribution in [-0.2, 0) is 4.74 Å². The fourth-order valence-corrected chi connectivity index (χ4v) is 2.70. The van der Waals surface area contributed by atoms with E-state index in [1.165, 1.54) is 51.2 Å². The molecule has 0 rings (SSSR count). The Balaban J connectivity index is 4.35. The average Bonchev–Trinajstić information content (AvgIpc) is 2.43. The van der Waals surface area contributed by atoms with E-state index in [-0.39, 0.29) is 0 Å². The largest absolute Gasteiger partial charge is 0.380 e. The first-order chi connectivity index (χ1) is 9.19. The van der Waals surface area contributed by atoms with E-state index < -0.39 is 0 Å². The summed E-state index contributed by atoms with van der Waals surface area (Å²) in [6, 6.07) is 0. The van der Waals surface area contributed by atoms with E-state index in [2.05, 4.69) is 33.0 Å². The van der Waals surface area contributed by atoms with Crippen molar-refractivity contribution in [2.24, 2.45) is 0 Å². The van der Waals surface area contributed by atoms with Crippen molar-refractivity contribution in [3.8, 4) is 0 Å². The summed E-state index contributed by atoms with van der Waals surface area (Å²) in [5, 5.41) is 3.76. The lowest BCUT2D eigenvalue weighted by Crippen LogP contribution is -2.45. The minimum atomic E-state index is 0.317. The molecule has 0 aliphatic carbocycles. The molecule has 114 valence electrons. The molecule has 0 amide bonds. The van der Waals surface area contributed by atoms with Gasteiger partial charge in [0, 0.05) is 13.7 Å². The SMILES string of the molecule is CCCCB(CCCC)C(CCC)NCC(C)OC. The number of unbranched alkanes of at least 4 members (excludes halogenated alkanes) is 2. The fraction of sp³-hybridized carbons (Fsp3) is 1.00. The van der Waals surface area contributed by atoms with Gasteiger partial charge in [0.1, 0.15) is 0 Å². The summed E-state index contributed by atoms with van der Waals surface area (Å²) < 4.78 is 5.36. The predicted molar refractivity (Wildman–Crippen MR) is 88.4 cm³/mol. The predicted octanol–water partition coefficient (Wildman–Crippen LogP) is 4.41. The molecule has 19 heavy (non-hydrogen) atoms. The Morgan fingerprint density at radius 1 is 1.00 bits per heavy atom. The molecule has 0 heterocycles. The van der Waals surface area contributed by atoms with Crippen molar-refractivity contribution in [2.75, 3.05) is 13.7 Å². The molecule has 0 aromatic carbocycles. The molecular formula is C16H36BNO. The summed E-state index contributed by atoms with van der Waals surface area (Å²) in [7, 11) is 1.80. The third-order valence-corrected chi connectivity index (χ3v) is 4.10. The molecule has 0 aromatic heterocycles. The standard InChI is InChI=1S/C16H36BNO/c1-6-9-12-17(13-10-7-2)16(11-8-3)18-14-15(4)19-5/h15-16,18H,6-14H2,1-5H3. The Bertz CT molecular complexity index is 182. The third kappa shape index (κ3) is 9.51. The van der Waals surface area contributed by atoms with Crippen molar-refractivity contribution in [3.63, 3.8) is 0 Å². The van der Waals surface area contributed by atoms with Crippen LogP contribution in [-0.4, -0.2) is 32.4 Å². The molecule has 0 fully saturated rings. The number of hydrogen-bond acceptors (Lipinski definition) is 2. The highest BCUT2D eigenvalue weighted by Crippen LogP contribution is 2.16. The highest BCUT2D eigenvalue weighted by molar-refractivity contribution is 6.60. The van der Waals surface area contributed by atoms with Crippen LogP contribution in [0.2, 0.25) is 12.6 Å². The molecule has 0 aliphatic rings. The zero-order chi connectivity index (χ0) is 14.5. The first kappa shape index (κ1) is 19.0. The van der Waals surface area contributed by atoms with Crippen LogP contribution in [0.4, 0.5) is 0 Å². The number of hydrogen-bond donors (Lipinski definition) is 1. The van der Waals surface area contributed by atoms with Crippen LogP contribution in [0.3, 0.4) is 0 Å². The van der Waals surface area contributed by atoms with E-state index in [0.717, 1.165) is 13.3 Å². The summed E-state index contributed by atoms with van der Waals surface area (Å²) in [5.41, 5.74) is 0. The summed E-state index contributed by atoms with van der Waals surface area (Å²) in [6.07, 6.45) is 11.0. The van der Waals surface area contributed by atoms with Gasteiger partial charge in [-0.05, 0) is 19.3 Å². The van der Waals surface area contributed by atoms with E-state index in [1.54, 1.807) is 7.11 Å². The normalized spacial score (nSPS) is 14.4. The Labute approximate surface area is 122 Å². The lowest BCUT2D eigenvalue weighted by Gasteiger charge is -2.27. The highest BCUT2D eigenvalue weighted by Gasteiger charge is 2.23. The molecule has 0 spiro atoms. The van der Waals surface area contributed by atoms with Crippen molar-refractivity contribution < 1.29 is 4.74 Å². The summed E-state index contributed by atoms with van der Waals surface area (Å²) in [4.78, 5) is 0. The minimum Gasteiger partial charge on any atom is -0.380 e. The molecule has 2 atom stereocenters. The summed E-state index contributed by atoms with van der Waals surface area (Å²) in [5.74, 6) is 0.681. The van der Waals surface area contributed by atoms with Gasteiger partial charge < -0.3 is 10.1 Å². The number of nitrogens with one attached hydrogen (secondary N) is 1. The second-order valence-corrected chi connectivity index (χ2v) is 5.89. The smallest absolute Gasteiger partial charge is 0.160 e. The fourth-order valence-electron chi connectivity index (χ4n) is 2.70. The van der Waals surface area contributed by atoms with Crippen molar-refractivity contribution in [3.05, 3.63) is 0 Å². The molecule has 0 radical (unpaired) electrons. The van der Waals surface area contributed by atoms with Gasteiger partial charge >= 0.3 is 0 Å². The molecule has 0 aromatic rings. The average molecular weight is 269 g/mol. The summed E-state index contributed by atoms with van der Waals surface area (Å²) in [6.45, 7) is 10.9. The molecular weight excluding hydrogens is 233 g/mol. The van der Waals surface area contributed by atoms with Gasteiger partial charge in [0.05, 0.1) is 6.10 Å². The minimum absolute atomic E-state index is 0.317. The molecule has 3 heteroatoms. The van der Waals surface area contributed by atoms with Gasteiger partial charge in [0.2, 0.25) is 0 Å². The molecule has 2 nitrogen and oxygen atoms in total. The van der Waals surface area contributed by atoms with E-state index in [1.807, 2.05) is 0 Å². The third-order valence-electron chi connectivity index (χ3n) is 4.10. The van der Waals surface area contributed by atoms with Crippen molar-refractivity contribution in [1.29, 1.82) is 0 Å². The zero-order valence-electron chi connectivity index (χ0n) is 14.0. The molecule has 1 N–H and O–H groups in total. The molecule has 0 saturated heterocycles. The van der Waals surface area contributed by atoms with Crippen LogP contribution in [0, 0.1) is 0 Å². The van der Waals surface area contributed by atoms with Crippen LogP contribution in [0.5, 0.6) is 0 Å². The Kier molecular flexibility index (Phi) is 13.0. The molecule has 0 saturated carbocycles. The quantitative estimate of drug-likeness (QED) is 0.500. The second kappa shape index (κ2) is 13.0. The maximum absolute atomic E-state index is 5.36. The molecule has 2 unspecified atom stereocenters. The summed E-state index contributed by atoms with van der Waals surface area (Å²) >= 11 is 0. The first-order valence-electron chi connectivity index (χ1n) is 8.45. The van der Waals surface area contributed by atoms with Gasteiger partial charge in [-0.15, -0.1) is 0 Å². The van der Waals surface area contributed by atoms with E-state index >= 15 is 0 Å². The zero-order valence-corrected chi connectivity index (χ0v) is 14.0. The van der Waals surface area contributed by atoms with E-state index in [4.69, 9.17) is 4.74 Å². The van der Waals surface area contributed by atoms with Gasteiger partial charge in [-0.3, -0.25) is 0 Å².